The summed E-state index contributed by atoms with van der Waals surface area (Å²) in [6.45, 7) is -0.463. The van der Waals surface area contributed by atoms with Gasteiger partial charge in [0.1, 0.15) is 12.7 Å². The highest BCUT2D eigenvalue weighted by Gasteiger charge is 2.48. The van der Waals surface area contributed by atoms with E-state index in [4.69, 9.17) is 32.2 Å². The Morgan fingerprint density at radius 3 is 2.67 bits per heavy atom. The number of carbonyl (C=O) groups excluding carboxylic acids is 3. The van der Waals surface area contributed by atoms with Gasteiger partial charge in [-0.1, -0.05) is 5.92 Å². The predicted octanol–water partition coefficient (Wildman–Crippen LogP) is 2.02. The van der Waals surface area contributed by atoms with Crippen molar-refractivity contribution >= 4 is 46.4 Å². The molecule has 0 spiro atoms. The molecule has 39 heavy (non-hydrogen) atoms. The van der Waals surface area contributed by atoms with Crippen LogP contribution in [-0.2, 0) is 35.1 Å². The van der Waals surface area contributed by atoms with E-state index in [0.29, 0.717) is 5.92 Å². The summed E-state index contributed by atoms with van der Waals surface area (Å²) in [6, 6.07) is 0. The van der Waals surface area contributed by atoms with Crippen molar-refractivity contribution in [3.8, 4) is 12.3 Å². The largest absolute Gasteiger partial charge is 0.461 e. The predicted molar refractivity (Wildman–Crippen MR) is 137 cm³/mol. The highest BCUT2D eigenvalue weighted by atomic mass is 35.5. The fourth-order valence-electron chi connectivity index (χ4n) is 5.75. The Balaban J connectivity index is 1.31. The second-order valence-corrected chi connectivity index (χ2v) is 10.8. The second kappa shape index (κ2) is 10.7. The molecule has 2 bridgehead atoms. The molecule has 2 aromatic rings. The molecule has 0 aromatic carbocycles. The number of rotatable bonds is 9. The monoisotopic (exact) mass is 559 g/mol. The Labute approximate surface area is 229 Å². The third-order valence-electron chi connectivity index (χ3n) is 8.32. The van der Waals surface area contributed by atoms with Gasteiger partial charge >= 0.3 is 11.9 Å². The Morgan fingerprint density at radius 1 is 1.33 bits per heavy atom. The molecule has 2 aromatic heterocycles. The van der Waals surface area contributed by atoms with Crippen LogP contribution in [0.1, 0.15) is 51.4 Å². The molecular weight excluding hydrogens is 530 g/mol. The van der Waals surface area contributed by atoms with E-state index in [1.807, 2.05) is 0 Å². The van der Waals surface area contributed by atoms with E-state index in [1.165, 1.54) is 18.0 Å². The first kappa shape index (κ1) is 27.3. The maximum atomic E-state index is 13.1. The summed E-state index contributed by atoms with van der Waals surface area (Å²) in [6.07, 6.45) is 10.8. The Kier molecular flexibility index (Phi) is 7.50. The number of anilines is 1. The first-order chi connectivity index (χ1) is 18.7. The molecule has 4 fully saturated rings. The van der Waals surface area contributed by atoms with E-state index in [0.717, 1.165) is 38.5 Å². The molecule has 13 heteroatoms. The maximum absolute atomic E-state index is 13.1. The van der Waals surface area contributed by atoms with Crippen molar-refractivity contribution in [1.29, 1.82) is 0 Å². The molecule has 2 N–H and O–H groups in total. The summed E-state index contributed by atoms with van der Waals surface area (Å²) in [5.41, 5.74) is -1.70. The number of nitrogens with zero attached hydrogens (tertiary/aromatic N) is 4. The van der Waals surface area contributed by atoms with Crippen LogP contribution in [0.3, 0.4) is 0 Å². The number of hydrogen-bond acceptors (Lipinski definition) is 10. The molecule has 12 nitrogen and oxygen atoms in total. The van der Waals surface area contributed by atoms with Crippen molar-refractivity contribution in [2.75, 3.05) is 19.0 Å². The topological polar surface area (TPSA) is 155 Å². The Hall–Kier alpha value is -3.27. The van der Waals surface area contributed by atoms with Crippen molar-refractivity contribution in [3.05, 3.63) is 11.6 Å². The zero-order valence-corrected chi connectivity index (χ0v) is 22.3. The van der Waals surface area contributed by atoms with Gasteiger partial charge in [-0.25, -0.2) is 4.98 Å². The Morgan fingerprint density at radius 2 is 2.05 bits per heavy atom. The standard InChI is InChI=1S/C26H30ClN5O7/c1-3-26(37-2,13-38-23(36)25-9-6-15(7-10-25)8-11-25)17(33)12-32-14-28-19-20(30-24(27)31-21(19)32)29-22(35)16-4-5-18(34)39-16/h1,14-17,33H,4-13H2,2H3,(H,29,30,31,35)/t15?,16-,17+,25?,26?/m1/s1. The summed E-state index contributed by atoms with van der Waals surface area (Å²) in [5.74, 6) is 1.87. The third kappa shape index (κ3) is 5.18. The second-order valence-electron chi connectivity index (χ2n) is 10.5. The van der Waals surface area contributed by atoms with E-state index in [9.17, 15) is 19.5 Å². The minimum absolute atomic E-state index is 0.0246. The van der Waals surface area contributed by atoms with E-state index in [1.54, 1.807) is 0 Å². The number of nitrogens with one attached hydrogen (secondary N) is 1. The number of aliphatic hydroxyl groups is 1. The highest BCUT2D eigenvalue weighted by Crippen LogP contribution is 2.51. The lowest BCUT2D eigenvalue weighted by atomic mass is 9.61. The lowest BCUT2D eigenvalue weighted by Crippen LogP contribution is -2.51. The van der Waals surface area contributed by atoms with Gasteiger partial charge < -0.3 is 29.2 Å². The number of halogens is 1. The molecule has 0 radical (unpaired) electrons. The minimum atomic E-state index is -1.63. The average Bonchev–Trinajstić information content (AvgIpc) is 3.56. The number of terminal acetylenes is 1. The van der Waals surface area contributed by atoms with Crippen LogP contribution in [0, 0.1) is 23.7 Å². The zero-order chi connectivity index (χ0) is 27.8. The molecule has 208 valence electrons. The number of imidazole rings is 1. The van der Waals surface area contributed by atoms with Crippen LogP contribution >= 0.6 is 11.6 Å². The summed E-state index contributed by atoms with van der Waals surface area (Å²) < 4.78 is 17.7. The molecule has 6 rings (SSSR count). The fourth-order valence-corrected chi connectivity index (χ4v) is 5.91. The summed E-state index contributed by atoms with van der Waals surface area (Å²) >= 11 is 6.11. The van der Waals surface area contributed by atoms with Gasteiger partial charge in [0.25, 0.3) is 5.91 Å². The van der Waals surface area contributed by atoms with Crippen LogP contribution in [0.2, 0.25) is 5.28 Å². The summed E-state index contributed by atoms with van der Waals surface area (Å²) in [4.78, 5) is 49.5. The van der Waals surface area contributed by atoms with Gasteiger partial charge in [-0.05, 0) is 56.0 Å². The molecule has 1 saturated heterocycles. The fraction of sp³-hybridized carbons (Fsp3) is 0.615. The molecule has 3 atom stereocenters. The van der Waals surface area contributed by atoms with Gasteiger partial charge in [0.05, 0.1) is 18.3 Å². The average molecular weight is 560 g/mol. The maximum Gasteiger partial charge on any atom is 0.312 e. The van der Waals surface area contributed by atoms with Gasteiger partial charge in [-0.15, -0.1) is 6.42 Å². The molecule has 4 aliphatic rings. The number of carbonyl (C=O) groups is 3. The van der Waals surface area contributed by atoms with Crippen LogP contribution in [0.15, 0.2) is 6.33 Å². The SMILES string of the molecule is C#CC(COC(=O)C12CCC(CC1)CC2)(OC)[C@@H](O)Cn1cnc2c(NC(=O)[C@H]3CCC(=O)O3)nc(Cl)nc21. The first-order valence-corrected chi connectivity index (χ1v) is 13.3. The number of ether oxygens (including phenoxy) is 3. The van der Waals surface area contributed by atoms with Crippen LogP contribution in [0.4, 0.5) is 5.82 Å². The first-order valence-electron chi connectivity index (χ1n) is 13.0. The molecule has 1 amide bonds. The third-order valence-corrected chi connectivity index (χ3v) is 8.48. The number of fused-ring (bicyclic) bond motifs is 4. The van der Waals surface area contributed by atoms with E-state index in [-0.39, 0.29) is 54.2 Å². The number of methoxy groups -OCH3 is 1. The van der Waals surface area contributed by atoms with Crippen LogP contribution in [0.5, 0.6) is 0 Å². The smallest absolute Gasteiger partial charge is 0.312 e. The van der Waals surface area contributed by atoms with Crippen molar-refractivity contribution in [3.63, 3.8) is 0 Å². The van der Waals surface area contributed by atoms with Crippen LogP contribution < -0.4 is 5.32 Å². The summed E-state index contributed by atoms with van der Waals surface area (Å²) in [7, 11) is 1.34. The number of aliphatic hydroxyl groups excluding tert-OH is 1. The quantitative estimate of drug-likeness (QED) is 0.265. The lowest BCUT2D eigenvalue weighted by Gasteiger charge is -2.44. The zero-order valence-electron chi connectivity index (χ0n) is 21.5. The molecule has 1 aliphatic heterocycles. The van der Waals surface area contributed by atoms with Crippen LogP contribution in [-0.4, -0.2) is 74.0 Å². The Bertz CT molecular complexity index is 1320. The van der Waals surface area contributed by atoms with Crippen LogP contribution in [0.25, 0.3) is 11.2 Å². The van der Waals surface area contributed by atoms with E-state index >= 15 is 0 Å². The number of hydrogen-bond donors (Lipinski definition) is 2. The normalized spacial score (nSPS) is 26.5. The van der Waals surface area contributed by atoms with E-state index in [2.05, 4.69) is 26.2 Å². The van der Waals surface area contributed by atoms with Crippen molar-refractivity contribution in [1.82, 2.24) is 19.5 Å². The number of aromatic nitrogens is 4. The van der Waals surface area contributed by atoms with Gasteiger partial charge in [0.15, 0.2) is 28.7 Å². The molecular formula is C26H30ClN5O7. The lowest BCUT2D eigenvalue weighted by molar-refractivity contribution is -0.174. The molecule has 3 saturated carbocycles. The highest BCUT2D eigenvalue weighted by molar-refractivity contribution is 6.28. The number of cyclic esters (lactones) is 1. The van der Waals surface area contributed by atoms with E-state index < -0.39 is 35.1 Å². The van der Waals surface area contributed by atoms with Crippen molar-refractivity contribution < 1.29 is 33.7 Å². The van der Waals surface area contributed by atoms with Crippen molar-refractivity contribution in [2.45, 2.75) is 75.7 Å². The molecule has 3 heterocycles. The molecule has 1 unspecified atom stereocenters. The minimum Gasteiger partial charge on any atom is -0.461 e. The number of esters is 2. The van der Waals surface area contributed by atoms with Gasteiger partial charge in [-0.3, -0.25) is 14.4 Å². The summed E-state index contributed by atoms with van der Waals surface area (Å²) in [5, 5.41) is 13.6. The van der Waals surface area contributed by atoms with Gasteiger partial charge in [-0.2, -0.15) is 9.97 Å². The van der Waals surface area contributed by atoms with Crippen molar-refractivity contribution in [2.24, 2.45) is 11.3 Å². The van der Waals surface area contributed by atoms with Gasteiger partial charge in [0.2, 0.25) is 5.28 Å². The number of amides is 1. The van der Waals surface area contributed by atoms with Gasteiger partial charge in [0, 0.05) is 20.0 Å². The molecule has 3 aliphatic carbocycles.